The van der Waals surface area contributed by atoms with Crippen LogP contribution in [0.4, 0.5) is 15.3 Å². The Morgan fingerprint density at radius 1 is 0.873 bits per heavy atom. The predicted molar refractivity (Wildman–Crippen MR) is 241 cm³/mol. The Kier molecular flexibility index (Phi) is 15.6. The Morgan fingerprint density at radius 2 is 1.57 bits per heavy atom. The first-order valence-electron chi connectivity index (χ1n) is 21.3. The number of nitrogens with zero attached hydrogens (tertiary/aromatic N) is 4. The summed E-state index contributed by atoms with van der Waals surface area (Å²) in [5.74, 6) is -0.260. The lowest BCUT2D eigenvalue weighted by atomic mass is 9.81. The number of hydrogen-bond donors (Lipinski definition) is 5. The number of amides is 4. The minimum Gasteiger partial charge on any atom is -0.444 e. The summed E-state index contributed by atoms with van der Waals surface area (Å²) in [6.07, 6.45) is 6.64. The van der Waals surface area contributed by atoms with Crippen LogP contribution in [0, 0.1) is 11.8 Å². The average Bonchev–Trinajstić information content (AvgIpc) is 3.68. The van der Waals surface area contributed by atoms with Gasteiger partial charge in [0.15, 0.2) is 5.82 Å². The minimum absolute atomic E-state index is 0.0591. The number of anilines is 1. The molecular weight excluding hydrogens is 846 g/mol. The topological polar surface area (TPSA) is 210 Å². The van der Waals surface area contributed by atoms with Gasteiger partial charge in [0.25, 0.3) is 0 Å². The average molecular weight is 905 g/mol. The molecule has 338 valence electrons. The molecule has 2 fully saturated rings. The maximum Gasteiger partial charge on any atom is 0.410 e. The van der Waals surface area contributed by atoms with Gasteiger partial charge in [0, 0.05) is 67.2 Å². The summed E-state index contributed by atoms with van der Waals surface area (Å²) in [6.45, 7) is 12.4. The Bertz CT molecular complexity index is 2240. The van der Waals surface area contributed by atoms with E-state index in [1.54, 1.807) is 41.6 Å². The minimum atomic E-state index is -1.56. The Labute approximate surface area is 376 Å². The molecule has 4 amide bonds. The number of carbonyl (C=O) groups excluding carboxylic acids is 4. The molecule has 2 aliphatic rings. The van der Waals surface area contributed by atoms with Crippen LogP contribution >= 0.6 is 11.6 Å². The molecular formula is C45H58ClN9O7S. The molecule has 1 aliphatic carbocycles. The molecule has 0 bridgehead atoms. The first kappa shape index (κ1) is 47.1. The molecule has 5 N–H and O–H groups in total. The van der Waals surface area contributed by atoms with Crippen molar-refractivity contribution in [2.24, 2.45) is 11.8 Å². The molecule has 6 rings (SSSR count). The lowest BCUT2D eigenvalue weighted by molar-refractivity contribution is -0.130. The molecule has 1 saturated heterocycles. The molecule has 16 nitrogen and oxygen atoms in total. The van der Waals surface area contributed by atoms with Gasteiger partial charge < -0.3 is 30.3 Å². The number of ether oxygens (including phenoxy) is 2. The van der Waals surface area contributed by atoms with Crippen molar-refractivity contribution < 1.29 is 32.9 Å². The van der Waals surface area contributed by atoms with E-state index in [2.05, 4.69) is 40.8 Å². The van der Waals surface area contributed by atoms with Crippen molar-refractivity contribution in [2.75, 3.05) is 25.0 Å². The van der Waals surface area contributed by atoms with Crippen molar-refractivity contribution in [1.29, 1.82) is 0 Å². The SMILES string of the molecule is CC(C)(C)OC(=O)NCC1CCC(C(=O)N[C@@H](Cc2cccc(-c3cncc(S(=O)NC4CCN(C(=O)OC(C)(C)C)CC4)c3)c2)C(=O)Nc2ccc(-c3n[nH]c(Cl)n3)cc2)CC1. The Morgan fingerprint density at radius 3 is 2.22 bits per heavy atom. The molecule has 0 spiro atoms. The fraction of sp³-hybridized carbons (Fsp3) is 0.489. The van der Waals surface area contributed by atoms with Gasteiger partial charge in [-0.3, -0.25) is 14.6 Å². The first-order chi connectivity index (χ1) is 29.9. The normalized spacial score (nSPS) is 18.2. The number of hydrogen-bond acceptors (Lipinski definition) is 10. The number of benzene rings is 2. The summed E-state index contributed by atoms with van der Waals surface area (Å²) in [4.78, 5) is 63.3. The van der Waals surface area contributed by atoms with Gasteiger partial charge in [-0.1, -0.05) is 24.3 Å². The van der Waals surface area contributed by atoms with Crippen LogP contribution in [0.1, 0.15) is 85.6 Å². The summed E-state index contributed by atoms with van der Waals surface area (Å²) < 4.78 is 27.6. The number of halogens is 1. The molecule has 3 heterocycles. The van der Waals surface area contributed by atoms with Gasteiger partial charge in [0.1, 0.15) is 28.2 Å². The quantitative estimate of drug-likeness (QED) is 0.0912. The molecule has 2 atom stereocenters. The van der Waals surface area contributed by atoms with Crippen molar-refractivity contribution >= 4 is 52.3 Å². The summed E-state index contributed by atoms with van der Waals surface area (Å²) in [5.41, 5.74) is 2.39. The summed E-state index contributed by atoms with van der Waals surface area (Å²) in [6, 6.07) is 15.5. The van der Waals surface area contributed by atoms with E-state index >= 15 is 0 Å². The fourth-order valence-corrected chi connectivity index (χ4v) is 8.68. The molecule has 18 heteroatoms. The second-order valence-corrected chi connectivity index (χ2v) is 19.7. The van der Waals surface area contributed by atoms with E-state index in [-0.39, 0.29) is 47.5 Å². The highest BCUT2D eigenvalue weighted by Crippen LogP contribution is 2.30. The highest BCUT2D eigenvalue weighted by Gasteiger charge is 2.31. The van der Waals surface area contributed by atoms with E-state index in [0.717, 1.165) is 29.5 Å². The zero-order valence-corrected chi connectivity index (χ0v) is 38.2. The van der Waals surface area contributed by atoms with Crippen LogP contribution in [-0.2, 0) is 36.5 Å². The molecule has 1 unspecified atom stereocenters. The third-order valence-electron chi connectivity index (χ3n) is 10.7. The second-order valence-electron chi connectivity index (χ2n) is 18.1. The monoisotopic (exact) mass is 903 g/mol. The van der Waals surface area contributed by atoms with E-state index in [1.165, 1.54) is 0 Å². The molecule has 2 aromatic carbocycles. The highest BCUT2D eigenvalue weighted by atomic mass is 35.5. The number of likely N-dealkylation sites (tertiary alicyclic amines) is 1. The van der Waals surface area contributed by atoms with Gasteiger partial charge in [-0.15, -0.1) is 0 Å². The van der Waals surface area contributed by atoms with Gasteiger partial charge in [0.05, 0.1) is 4.90 Å². The predicted octanol–water partition coefficient (Wildman–Crippen LogP) is 7.20. The van der Waals surface area contributed by atoms with E-state index in [1.807, 2.05) is 71.9 Å². The fourth-order valence-electron chi connectivity index (χ4n) is 7.49. The van der Waals surface area contributed by atoms with Crippen LogP contribution in [0.2, 0.25) is 5.28 Å². The zero-order chi connectivity index (χ0) is 45.3. The maximum atomic E-state index is 14.0. The second kappa shape index (κ2) is 20.9. The molecule has 1 saturated carbocycles. The molecule has 1 aliphatic heterocycles. The number of H-pyrrole nitrogens is 1. The molecule has 2 aromatic heterocycles. The molecule has 0 radical (unpaired) electrons. The van der Waals surface area contributed by atoms with Gasteiger partial charge in [-0.2, -0.15) is 10.1 Å². The number of pyridine rings is 1. The van der Waals surface area contributed by atoms with Crippen LogP contribution in [-0.4, -0.2) is 96.2 Å². The van der Waals surface area contributed by atoms with Crippen LogP contribution in [0.25, 0.3) is 22.5 Å². The van der Waals surface area contributed by atoms with Gasteiger partial charge in [-0.05, 0) is 139 Å². The summed E-state index contributed by atoms with van der Waals surface area (Å²) in [5, 5.41) is 15.7. The van der Waals surface area contributed by atoms with E-state index < -0.39 is 34.3 Å². The lowest BCUT2D eigenvalue weighted by Crippen LogP contribution is -2.48. The first-order valence-corrected chi connectivity index (χ1v) is 22.9. The van der Waals surface area contributed by atoms with Crippen LogP contribution in [0.15, 0.2) is 71.9 Å². The zero-order valence-electron chi connectivity index (χ0n) is 36.7. The molecule has 4 aromatic rings. The number of carbonyl (C=O) groups is 4. The summed E-state index contributed by atoms with van der Waals surface area (Å²) in [7, 11) is -1.56. The largest absolute Gasteiger partial charge is 0.444 e. The standard InChI is InChI=1S/C45H58ClN9O7S/c1-44(2,3)61-42(58)48-25-28-10-12-31(13-11-28)39(56)50-37(40(57)49-34-16-14-30(15-17-34)38-51-41(46)53-52-38)23-29-8-7-9-32(22-29)33-24-36(27-47-26-33)63(60)54-35-18-20-55(21-19-35)43(59)62-45(4,5)6/h7-9,14-17,22,24,26-28,31,35,37,54H,10-13,18-21,23,25H2,1-6H3,(H,48,58)(H,49,57)(H,50,56)(H,51,52,53)/t28?,31?,37-,63?/m0/s1. The molecule has 63 heavy (non-hydrogen) atoms. The third-order valence-corrected chi connectivity index (χ3v) is 12.1. The summed E-state index contributed by atoms with van der Waals surface area (Å²) >= 11 is 5.91. The highest BCUT2D eigenvalue weighted by molar-refractivity contribution is 7.83. The van der Waals surface area contributed by atoms with Crippen LogP contribution < -0.4 is 20.7 Å². The van der Waals surface area contributed by atoms with Gasteiger partial charge in [0.2, 0.25) is 17.1 Å². The van der Waals surface area contributed by atoms with E-state index in [9.17, 15) is 23.4 Å². The number of piperidine rings is 1. The smallest absolute Gasteiger partial charge is 0.410 e. The Balaban J connectivity index is 1.11. The van der Waals surface area contributed by atoms with Crippen molar-refractivity contribution in [3.63, 3.8) is 0 Å². The van der Waals surface area contributed by atoms with E-state index in [4.69, 9.17) is 21.1 Å². The van der Waals surface area contributed by atoms with Crippen LogP contribution in [0.5, 0.6) is 0 Å². The maximum absolute atomic E-state index is 14.0. The van der Waals surface area contributed by atoms with Gasteiger partial charge >= 0.3 is 12.2 Å². The van der Waals surface area contributed by atoms with Crippen molar-refractivity contribution in [1.82, 2.24) is 40.4 Å². The van der Waals surface area contributed by atoms with Crippen molar-refractivity contribution in [3.8, 4) is 22.5 Å². The number of aromatic nitrogens is 4. The van der Waals surface area contributed by atoms with Crippen molar-refractivity contribution in [3.05, 3.63) is 77.8 Å². The number of nitrogens with one attached hydrogen (secondary N) is 5. The van der Waals surface area contributed by atoms with Crippen LogP contribution in [0.3, 0.4) is 0 Å². The number of alkyl carbamates (subject to hydrolysis) is 1. The van der Waals surface area contributed by atoms with E-state index in [0.29, 0.717) is 67.3 Å². The Hall–Kier alpha value is -5.39. The number of rotatable bonds is 13. The number of aromatic amines is 1. The third kappa shape index (κ3) is 14.3. The van der Waals surface area contributed by atoms with Gasteiger partial charge in [-0.25, -0.2) is 23.6 Å². The van der Waals surface area contributed by atoms with Crippen molar-refractivity contribution in [2.45, 2.75) is 115 Å². The lowest BCUT2D eigenvalue weighted by Gasteiger charge is -2.33.